The molecule has 1 aromatic carbocycles. The molecule has 1 aromatic rings. The van der Waals surface area contributed by atoms with Crippen molar-refractivity contribution in [1.82, 2.24) is 0 Å². The molecule has 0 heterocycles. The summed E-state index contributed by atoms with van der Waals surface area (Å²) >= 11 is 0. The van der Waals surface area contributed by atoms with Crippen molar-refractivity contribution in [1.29, 1.82) is 0 Å². The minimum absolute atomic E-state index is 0.183. The van der Waals surface area contributed by atoms with Crippen LogP contribution in [0.1, 0.15) is 32.6 Å². The smallest absolute Gasteiger partial charge is 0.230 e. The van der Waals surface area contributed by atoms with E-state index in [0.29, 0.717) is 5.92 Å². The van der Waals surface area contributed by atoms with Gasteiger partial charge in [-0.3, -0.25) is 4.79 Å². The van der Waals surface area contributed by atoms with Crippen LogP contribution in [0, 0.1) is 11.8 Å². The molecule has 19 heavy (non-hydrogen) atoms. The van der Waals surface area contributed by atoms with Gasteiger partial charge in [0.15, 0.2) is 0 Å². The van der Waals surface area contributed by atoms with Crippen LogP contribution in [0.5, 0.6) is 0 Å². The van der Waals surface area contributed by atoms with Crippen molar-refractivity contribution in [2.24, 2.45) is 17.6 Å². The Morgan fingerprint density at radius 3 is 2.37 bits per heavy atom. The van der Waals surface area contributed by atoms with Gasteiger partial charge >= 0.3 is 0 Å². The van der Waals surface area contributed by atoms with Crippen molar-refractivity contribution < 1.29 is 4.79 Å². The van der Waals surface area contributed by atoms with E-state index < -0.39 is 0 Å². The Hall–Kier alpha value is -1.35. The first kappa shape index (κ1) is 14.1. The van der Waals surface area contributed by atoms with Crippen molar-refractivity contribution in [2.45, 2.75) is 32.6 Å². The highest BCUT2D eigenvalue weighted by Crippen LogP contribution is 2.30. The topological polar surface area (TPSA) is 46.3 Å². The molecule has 104 valence electrons. The van der Waals surface area contributed by atoms with Crippen LogP contribution in [0.15, 0.2) is 30.3 Å². The molecule has 0 aromatic heterocycles. The average molecular weight is 260 g/mol. The first-order valence-electron chi connectivity index (χ1n) is 7.32. The van der Waals surface area contributed by atoms with Gasteiger partial charge in [-0.25, -0.2) is 0 Å². The lowest BCUT2D eigenvalue weighted by Gasteiger charge is -2.31. The molecule has 0 unspecified atom stereocenters. The molecule has 0 bridgehead atoms. The second-order valence-corrected chi connectivity index (χ2v) is 5.37. The summed E-state index contributed by atoms with van der Waals surface area (Å²) in [5.41, 5.74) is 6.72. The number of hydrogen-bond acceptors (Lipinski definition) is 2. The van der Waals surface area contributed by atoms with Gasteiger partial charge < -0.3 is 10.6 Å². The molecule has 1 aliphatic carbocycles. The van der Waals surface area contributed by atoms with Crippen LogP contribution in [-0.4, -0.2) is 19.0 Å². The third kappa shape index (κ3) is 3.35. The van der Waals surface area contributed by atoms with Crippen LogP contribution in [0.2, 0.25) is 0 Å². The van der Waals surface area contributed by atoms with E-state index >= 15 is 0 Å². The highest BCUT2D eigenvalue weighted by molar-refractivity contribution is 5.95. The molecule has 2 N–H and O–H groups in total. The molecular weight excluding hydrogens is 236 g/mol. The Morgan fingerprint density at radius 2 is 1.84 bits per heavy atom. The van der Waals surface area contributed by atoms with Crippen molar-refractivity contribution >= 4 is 11.6 Å². The van der Waals surface area contributed by atoms with E-state index in [-0.39, 0.29) is 11.8 Å². The zero-order valence-corrected chi connectivity index (χ0v) is 11.7. The molecule has 3 heteroatoms. The number of rotatable bonds is 4. The Kier molecular flexibility index (Phi) is 4.97. The third-order valence-corrected chi connectivity index (χ3v) is 4.18. The summed E-state index contributed by atoms with van der Waals surface area (Å²) in [6.45, 7) is 3.53. The summed E-state index contributed by atoms with van der Waals surface area (Å²) in [4.78, 5) is 14.5. The van der Waals surface area contributed by atoms with Gasteiger partial charge in [-0.05, 0) is 57.2 Å². The molecule has 0 spiro atoms. The molecule has 1 aliphatic rings. The lowest BCUT2D eigenvalue weighted by atomic mass is 9.81. The summed E-state index contributed by atoms with van der Waals surface area (Å²) < 4.78 is 0. The van der Waals surface area contributed by atoms with Crippen LogP contribution >= 0.6 is 0 Å². The van der Waals surface area contributed by atoms with Gasteiger partial charge in [0.25, 0.3) is 0 Å². The zero-order valence-electron chi connectivity index (χ0n) is 11.7. The van der Waals surface area contributed by atoms with E-state index in [4.69, 9.17) is 5.73 Å². The molecule has 3 nitrogen and oxygen atoms in total. The highest BCUT2D eigenvalue weighted by atomic mass is 16.2. The first-order valence-corrected chi connectivity index (χ1v) is 7.32. The lowest BCUT2D eigenvalue weighted by molar-refractivity contribution is -0.123. The molecule has 0 radical (unpaired) electrons. The molecular formula is C16H24N2O. The van der Waals surface area contributed by atoms with E-state index in [9.17, 15) is 4.79 Å². The van der Waals surface area contributed by atoms with Gasteiger partial charge in [-0.15, -0.1) is 0 Å². The number of nitrogens with two attached hydrogens (primary N) is 1. The number of carbonyl (C=O) groups is 1. The number of nitrogens with zero attached hydrogens (tertiary/aromatic N) is 1. The third-order valence-electron chi connectivity index (χ3n) is 4.18. The minimum atomic E-state index is 0.183. The standard InChI is InChI=1S/C16H24N2O/c1-2-18(15-6-4-3-5-7-15)16(19)14-10-8-13(12-17)9-11-14/h3-7,13-14H,2,8-12,17H2,1H3. The number of carbonyl (C=O) groups excluding carboxylic acids is 1. The molecule has 1 fully saturated rings. The van der Waals surface area contributed by atoms with Crippen LogP contribution in [0.25, 0.3) is 0 Å². The maximum atomic E-state index is 12.6. The molecule has 1 amide bonds. The summed E-state index contributed by atoms with van der Waals surface area (Å²) in [7, 11) is 0. The summed E-state index contributed by atoms with van der Waals surface area (Å²) in [5, 5.41) is 0. The van der Waals surface area contributed by atoms with Crippen molar-refractivity contribution in [3.8, 4) is 0 Å². The number of para-hydroxylation sites is 1. The number of amides is 1. The second kappa shape index (κ2) is 6.71. The molecule has 0 saturated heterocycles. The van der Waals surface area contributed by atoms with Crippen molar-refractivity contribution in [2.75, 3.05) is 18.0 Å². The summed E-state index contributed by atoms with van der Waals surface area (Å²) in [5.74, 6) is 1.09. The Morgan fingerprint density at radius 1 is 1.21 bits per heavy atom. The fourth-order valence-corrected chi connectivity index (χ4v) is 2.94. The van der Waals surface area contributed by atoms with Gasteiger partial charge in [-0.1, -0.05) is 18.2 Å². The van der Waals surface area contributed by atoms with Gasteiger partial charge in [0.2, 0.25) is 5.91 Å². The van der Waals surface area contributed by atoms with Crippen molar-refractivity contribution in [3.05, 3.63) is 30.3 Å². The van der Waals surface area contributed by atoms with Gasteiger partial charge in [-0.2, -0.15) is 0 Å². The van der Waals surface area contributed by atoms with E-state index in [2.05, 4.69) is 0 Å². The number of benzene rings is 1. The van der Waals surface area contributed by atoms with Gasteiger partial charge in [0.05, 0.1) is 0 Å². The van der Waals surface area contributed by atoms with E-state index in [0.717, 1.165) is 44.5 Å². The number of anilines is 1. The van der Waals surface area contributed by atoms with Gasteiger partial charge in [0, 0.05) is 18.2 Å². The largest absolute Gasteiger partial charge is 0.330 e. The second-order valence-electron chi connectivity index (χ2n) is 5.37. The maximum Gasteiger partial charge on any atom is 0.230 e. The lowest BCUT2D eigenvalue weighted by Crippen LogP contribution is -2.38. The predicted molar refractivity (Wildman–Crippen MR) is 79.0 cm³/mol. The van der Waals surface area contributed by atoms with Crippen LogP contribution in [0.3, 0.4) is 0 Å². The van der Waals surface area contributed by atoms with Gasteiger partial charge in [0.1, 0.15) is 0 Å². The predicted octanol–water partition coefficient (Wildman–Crippen LogP) is 2.80. The monoisotopic (exact) mass is 260 g/mol. The van der Waals surface area contributed by atoms with Crippen LogP contribution < -0.4 is 10.6 Å². The van der Waals surface area contributed by atoms with Crippen LogP contribution in [-0.2, 0) is 4.79 Å². The Balaban J connectivity index is 2.02. The first-order chi connectivity index (χ1) is 9.26. The Labute approximate surface area is 115 Å². The van der Waals surface area contributed by atoms with Crippen molar-refractivity contribution in [3.63, 3.8) is 0 Å². The molecule has 0 atom stereocenters. The molecule has 0 aliphatic heterocycles. The minimum Gasteiger partial charge on any atom is -0.330 e. The molecule has 1 saturated carbocycles. The SMILES string of the molecule is CCN(C(=O)C1CCC(CN)CC1)c1ccccc1. The summed E-state index contributed by atoms with van der Waals surface area (Å²) in [6, 6.07) is 9.96. The fourth-order valence-electron chi connectivity index (χ4n) is 2.94. The number of hydrogen-bond donors (Lipinski definition) is 1. The quantitative estimate of drug-likeness (QED) is 0.905. The van der Waals surface area contributed by atoms with Crippen LogP contribution in [0.4, 0.5) is 5.69 Å². The van der Waals surface area contributed by atoms with E-state index in [1.807, 2.05) is 42.2 Å². The highest BCUT2D eigenvalue weighted by Gasteiger charge is 2.28. The normalized spacial score (nSPS) is 23.1. The molecule has 2 rings (SSSR count). The average Bonchev–Trinajstić information content (AvgIpc) is 2.49. The summed E-state index contributed by atoms with van der Waals surface area (Å²) in [6.07, 6.45) is 4.17. The van der Waals surface area contributed by atoms with E-state index in [1.165, 1.54) is 0 Å². The zero-order chi connectivity index (χ0) is 13.7. The Bertz CT molecular complexity index is 396. The fraction of sp³-hybridized carbons (Fsp3) is 0.562. The maximum absolute atomic E-state index is 12.6. The van der Waals surface area contributed by atoms with E-state index in [1.54, 1.807) is 0 Å².